The minimum absolute atomic E-state index is 0.175. The van der Waals surface area contributed by atoms with Crippen molar-refractivity contribution in [3.8, 4) is 28.4 Å². The molecule has 0 spiro atoms. The van der Waals surface area contributed by atoms with Crippen molar-refractivity contribution < 1.29 is 29.5 Å². The van der Waals surface area contributed by atoms with Crippen molar-refractivity contribution in [2.45, 2.75) is 57.9 Å². The van der Waals surface area contributed by atoms with Gasteiger partial charge in [0.1, 0.15) is 23.9 Å². The molecule has 1 saturated carbocycles. The average Bonchev–Trinajstić information content (AvgIpc) is 3.78. The van der Waals surface area contributed by atoms with E-state index in [9.17, 15) is 15.3 Å². The van der Waals surface area contributed by atoms with E-state index < -0.39 is 6.04 Å². The number of β-amino-alcohol motifs (C(OH)–C–C–N with tert-alkyl or cyclic N) is 1. The van der Waals surface area contributed by atoms with Gasteiger partial charge in [0.05, 0.1) is 48.6 Å². The molecule has 8 nitrogen and oxygen atoms in total. The maximum absolute atomic E-state index is 9.74. The van der Waals surface area contributed by atoms with Gasteiger partial charge in [0.2, 0.25) is 0 Å². The predicted octanol–water partition coefficient (Wildman–Crippen LogP) is 5.61. The van der Waals surface area contributed by atoms with Crippen LogP contribution in [-0.4, -0.2) is 78.4 Å². The van der Waals surface area contributed by atoms with Crippen molar-refractivity contribution in [3.63, 3.8) is 0 Å². The van der Waals surface area contributed by atoms with Crippen LogP contribution in [-0.2, 0) is 13.2 Å². The van der Waals surface area contributed by atoms with Crippen LogP contribution in [0.5, 0.6) is 17.2 Å². The van der Waals surface area contributed by atoms with E-state index in [1.54, 1.807) is 6.07 Å². The number of nitrogens with one attached hydrogen (secondary N) is 1. The standard InChI is InChI=1S/C35H44Cl2N2O6/c1-23-29(6-3-8-32(23)43-14-4-12-39-13-11-28(42)18-39)30-7-2-5-25(35(30)37)22-45-34-16-33(44-21-24-9-10-24)26(15-31(34)36)17-38-27(19-40)20-41/h2-3,5-8,15-16,24,27-28,38,40-42H,4,9-14,17-22H2,1H3. The SMILES string of the molecule is Cc1c(OCCCN2CCC(O)C2)cccc1-c1cccc(COc2cc(OCC3CC3)c(CNC(CO)CO)cc2Cl)c1Cl. The summed E-state index contributed by atoms with van der Waals surface area (Å²) in [6, 6.07) is 15.1. The highest BCUT2D eigenvalue weighted by Gasteiger charge is 2.23. The zero-order valence-electron chi connectivity index (χ0n) is 25.8. The van der Waals surface area contributed by atoms with Crippen LogP contribution in [0.25, 0.3) is 11.1 Å². The maximum Gasteiger partial charge on any atom is 0.142 e. The molecular formula is C35H44Cl2N2O6. The van der Waals surface area contributed by atoms with Gasteiger partial charge in [0.15, 0.2) is 0 Å². The lowest BCUT2D eigenvalue weighted by Crippen LogP contribution is -2.35. The Morgan fingerprint density at radius 1 is 0.911 bits per heavy atom. The molecule has 1 heterocycles. The molecule has 2 fully saturated rings. The monoisotopic (exact) mass is 658 g/mol. The Morgan fingerprint density at radius 2 is 1.69 bits per heavy atom. The molecule has 10 heteroatoms. The number of nitrogens with zero attached hydrogens (tertiary/aromatic N) is 1. The molecular weight excluding hydrogens is 615 g/mol. The van der Waals surface area contributed by atoms with E-state index in [1.165, 1.54) is 0 Å². The molecule has 0 radical (unpaired) electrons. The van der Waals surface area contributed by atoms with Crippen molar-refractivity contribution in [2.24, 2.45) is 5.92 Å². The molecule has 0 bridgehead atoms. The number of aliphatic hydroxyl groups is 3. The fourth-order valence-electron chi connectivity index (χ4n) is 5.50. The number of benzene rings is 3. The van der Waals surface area contributed by atoms with Gasteiger partial charge in [-0.15, -0.1) is 0 Å². The van der Waals surface area contributed by atoms with Gasteiger partial charge in [0, 0.05) is 48.9 Å². The van der Waals surface area contributed by atoms with E-state index >= 15 is 0 Å². The fourth-order valence-corrected chi connectivity index (χ4v) is 6.02. The summed E-state index contributed by atoms with van der Waals surface area (Å²) < 4.78 is 18.5. The molecule has 5 rings (SSSR count). The first-order chi connectivity index (χ1) is 21.9. The molecule has 3 aromatic carbocycles. The van der Waals surface area contributed by atoms with Crippen LogP contribution in [0.2, 0.25) is 10.0 Å². The van der Waals surface area contributed by atoms with E-state index in [2.05, 4.69) is 10.2 Å². The topological polar surface area (TPSA) is 104 Å². The number of halogens is 2. The van der Waals surface area contributed by atoms with E-state index in [1.807, 2.05) is 49.4 Å². The highest BCUT2D eigenvalue weighted by molar-refractivity contribution is 6.34. The molecule has 1 aliphatic heterocycles. The smallest absolute Gasteiger partial charge is 0.142 e. The maximum atomic E-state index is 9.74. The Morgan fingerprint density at radius 3 is 2.42 bits per heavy atom. The fraction of sp³-hybridized carbons (Fsp3) is 0.486. The van der Waals surface area contributed by atoms with Crippen molar-refractivity contribution in [3.05, 3.63) is 75.3 Å². The Bertz CT molecular complexity index is 1420. The Hall–Kier alpha value is -2.56. The lowest BCUT2D eigenvalue weighted by atomic mass is 9.98. The van der Waals surface area contributed by atoms with Crippen LogP contribution in [0.1, 0.15) is 42.4 Å². The van der Waals surface area contributed by atoms with Gasteiger partial charge in [-0.05, 0) is 61.8 Å². The summed E-state index contributed by atoms with van der Waals surface area (Å²) in [4.78, 5) is 2.28. The van der Waals surface area contributed by atoms with E-state index in [0.29, 0.717) is 47.2 Å². The molecule has 0 aromatic heterocycles. The molecule has 1 saturated heterocycles. The summed E-state index contributed by atoms with van der Waals surface area (Å²) in [5.41, 5.74) is 4.56. The van der Waals surface area contributed by atoms with E-state index in [-0.39, 0.29) is 25.9 Å². The third-order valence-corrected chi connectivity index (χ3v) is 9.21. The van der Waals surface area contributed by atoms with E-state index in [0.717, 1.165) is 78.9 Å². The summed E-state index contributed by atoms with van der Waals surface area (Å²) >= 11 is 13.6. The zero-order chi connectivity index (χ0) is 31.8. The zero-order valence-corrected chi connectivity index (χ0v) is 27.3. The van der Waals surface area contributed by atoms with Crippen molar-refractivity contribution >= 4 is 23.2 Å². The molecule has 1 aliphatic carbocycles. The molecule has 4 N–H and O–H groups in total. The van der Waals surface area contributed by atoms with Crippen molar-refractivity contribution in [1.29, 1.82) is 0 Å². The van der Waals surface area contributed by atoms with Gasteiger partial charge in [-0.1, -0.05) is 53.5 Å². The second-order valence-electron chi connectivity index (χ2n) is 12.0. The number of rotatable bonds is 17. The third-order valence-electron chi connectivity index (χ3n) is 8.47. The summed E-state index contributed by atoms with van der Waals surface area (Å²) in [7, 11) is 0. The normalized spacial score (nSPS) is 16.8. The number of likely N-dealkylation sites (tertiary alicyclic amines) is 1. The summed E-state index contributed by atoms with van der Waals surface area (Å²) in [6.45, 7) is 6.11. The highest BCUT2D eigenvalue weighted by Crippen LogP contribution is 2.38. The van der Waals surface area contributed by atoms with Gasteiger partial charge in [-0.3, -0.25) is 0 Å². The van der Waals surface area contributed by atoms with Crippen molar-refractivity contribution in [2.75, 3.05) is 46.1 Å². The van der Waals surface area contributed by atoms with Crippen molar-refractivity contribution in [1.82, 2.24) is 10.2 Å². The predicted molar refractivity (Wildman–Crippen MR) is 178 cm³/mol. The number of aliphatic hydroxyl groups excluding tert-OH is 3. The first-order valence-corrected chi connectivity index (χ1v) is 16.6. The second-order valence-corrected chi connectivity index (χ2v) is 12.8. The first-order valence-electron chi connectivity index (χ1n) is 15.8. The lowest BCUT2D eigenvalue weighted by Gasteiger charge is -2.19. The first kappa shape index (κ1) is 33.8. The minimum Gasteiger partial charge on any atom is -0.493 e. The average molecular weight is 660 g/mol. The number of ether oxygens (including phenoxy) is 3. The van der Waals surface area contributed by atoms with Crippen LogP contribution < -0.4 is 19.5 Å². The molecule has 2 aliphatic rings. The quantitative estimate of drug-likeness (QED) is 0.139. The number of hydrogen-bond donors (Lipinski definition) is 4. The molecule has 244 valence electrons. The molecule has 3 aromatic rings. The van der Waals surface area contributed by atoms with Gasteiger partial charge in [0.25, 0.3) is 0 Å². The molecule has 1 atom stereocenters. The largest absolute Gasteiger partial charge is 0.493 e. The van der Waals surface area contributed by atoms with Gasteiger partial charge >= 0.3 is 0 Å². The van der Waals surface area contributed by atoms with Crippen LogP contribution in [0.15, 0.2) is 48.5 Å². The molecule has 1 unspecified atom stereocenters. The molecule has 0 amide bonds. The van der Waals surface area contributed by atoms with Crippen LogP contribution >= 0.6 is 23.2 Å². The Kier molecular flexibility index (Phi) is 12.3. The van der Waals surface area contributed by atoms with Crippen LogP contribution in [0, 0.1) is 12.8 Å². The summed E-state index contributed by atoms with van der Waals surface area (Å²) in [5.74, 6) is 2.54. The Balaban J connectivity index is 1.26. The third kappa shape index (κ3) is 9.26. The number of hydrogen-bond acceptors (Lipinski definition) is 8. The second kappa shape index (κ2) is 16.3. The minimum atomic E-state index is -0.433. The van der Waals surface area contributed by atoms with Gasteiger partial charge < -0.3 is 39.7 Å². The van der Waals surface area contributed by atoms with Gasteiger partial charge in [-0.25, -0.2) is 0 Å². The highest BCUT2D eigenvalue weighted by atomic mass is 35.5. The van der Waals surface area contributed by atoms with Crippen LogP contribution in [0.3, 0.4) is 0 Å². The lowest BCUT2D eigenvalue weighted by molar-refractivity contribution is 0.169. The Labute approximate surface area is 275 Å². The van der Waals surface area contributed by atoms with Crippen LogP contribution in [0.4, 0.5) is 0 Å². The van der Waals surface area contributed by atoms with Gasteiger partial charge in [-0.2, -0.15) is 0 Å². The summed E-state index contributed by atoms with van der Waals surface area (Å²) in [6.07, 6.45) is 3.86. The molecule has 45 heavy (non-hydrogen) atoms. The summed E-state index contributed by atoms with van der Waals surface area (Å²) in [5, 5.41) is 32.8. The van der Waals surface area contributed by atoms with E-state index in [4.69, 9.17) is 37.4 Å².